The van der Waals surface area contributed by atoms with Crippen LogP contribution in [0.2, 0.25) is 0 Å². The average molecular weight is 295 g/mol. The Labute approximate surface area is 128 Å². The Morgan fingerprint density at radius 1 is 1.23 bits per heavy atom. The lowest BCUT2D eigenvalue weighted by Crippen LogP contribution is -2.47. The fraction of sp³-hybridized carbons (Fsp3) is 0.312. The molecule has 0 N–H and O–H groups in total. The molecule has 0 amide bonds. The molecular weight excluding hydrogens is 278 g/mol. The van der Waals surface area contributed by atoms with Gasteiger partial charge in [-0.25, -0.2) is 0 Å². The molecule has 4 rings (SSSR count). The van der Waals surface area contributed by atoms with Crippen molar-refractivity contribution in [3.63, 3.8) is 0 Å². The molecule has 0 radical (unpaired) electrons. The van der Waals surface area contributed by atoms with Gasteiger partial charge in [0, 0.05) is 24.8 Å². The summed E-state index contributed by atoms with van der Waals surface area (Å²) in [5, 5.41) is 8.43. The minimum Gasteiger partial charge on any atom is -0.334 e. The predicted octanol–water partition coefficient (Wildman–Crippen LogP) is 2.30. The maximum atomic E-state index is 5.33. The number of nitrogens with zero attached hydrogens (tertiary/aromatic N) is 5. The standard InChI is InChI=1S/C16H17N5O/c1-12-7-17-21(8-12)14-9-20(10-14)11-15-18-16(22-19-15)13-5-3-2-4-6-13/h2-8,14H,9-11H2,1H3. The molecule has 6 heteroatoms. The van der Waals surface area contributed by atoms with E-state index < -0.39 is 0 Å². The minimum absolute atomic E-state index is 0.453. The summed E-state index contributed by atoms with van der Waals surface area (Å²) in [6.45, 7) is 4.71. The molecule has 0 unspecified atom stereocenters. The zero-order valence-corrected chi connectivity index (χ0v) is 12.4. The molecule has 0 spiro atoms. The van der Waals surface area contributed by atoms with Gasteiger partial charge < -0.3 is 4.52 Å². The summed E-state index contributed by atoms with van der Waals surface area (Å²) in [7, 11) is 0. The fourth-order valence-corrected chi connectivity index (χ4v) is 2.69. The van der Waals surface area contributed by atoms with Gasteiger partial charge >= 0.3 is 0 Å². The van der Waals surface area contributed by atoms with Crippen LogP contribution >= 0.6 is 0 Å². The van der Waals surface area contributed by atoms with Crippen LogP contribution in [0, 0.1) is 6.92 Å². The molecule has 3 aromatic rings. The average Bonchev–Trinajstić information content (AvgIpc) is 3.12. The van der Waals surface area contributed by atoms with Gasteiger partial charge in [0.05, 0.1) is 18.8 Å². The van der Waals surface area contributed by atoms with Gasteiger partial charge in [0.1, 0.15) is 0 Å². The molecule has 0 atom stereocenters. The van der Waals surface area contributed by atoms with Gasteiger partial charge in [-0.05, 0) is 24.6 Å². The van der Waals surface area contributed by atoms with Crippen LogP contribution in [-0.2, 0) is 6.54 Å². The van der Waals surface area contributed by atoms with E-state index in [4.69, 9.17) is 4.52 Å². The van der Waals surface area contributed by atoms with Crippen molar-refractivity contribution in [2.75, 3.05) is 13.1 Å². The number of aromatic nitrogens is 4. The monoisotopic (exact) mass is 295 g/mol. The van der Waals surface area contributed by atoms with Crippen LogP contribution in [0.3, 0.4) is 0 Å². The third-order valence-corrected chi connectivity index (χ3v) is 3.90. The molecule has 6 nitrogen and oxygen atoms in total. The summed E-state index contributed by atoms with van der Waals surface area (Å²) in [6.07, 6.45) is 3.98. The number of rotatable bonds is 4. The molecule has 1 aromatic carbocycles. The fourth-order valence-electron chi connectivity index (χ4n) is 2.69. The van der Waals surface area contributed by atoms with E-state index in [1.54, 1.807) is 0 Å². The largest absolute Gasteiger partial charge is 0.334 e. The van der Waals surface area contributed by atoms with Gasteiger partial charge in [0.2, 0.25) is 0 Å². The van der Waals surface area contributed by atoms with E-state index in [0.717, 1.165) is 24.5 Å². The molecule has 0 aliphatic carbocycles. The van der Waals surface area contributed by atoms with E-state index >= 15 is 0 Å². The van der Waals surface area contributed by atoms with Crippen LogP contribution < -0.4 is 0 Å². The van der Waals surface area contributed by atoms with Crippen LogP contribution in [0.25, 0.3) is 11.5 Å². The van der Waals surface area contributed by atoms with Crippen LogP contribution in [0.15, 0.2) is 47.2 Å². The molecule has 3 heterocycles. The van der Waals surface area contributed by atoms with Crippen molar-refractivity contribution >= 4 is 0 Å². The summed E-state index contributed by atoms with van der Waals surface area (Å²) in [5.74, 6) is 1.31. The Morgan fingerprint density at radius 3 is 2.77 bits per heavy atom. The minimum atomic E-state index is 0.453. The zero-order chi connectivity index (χ0) is 14.9. The van der Waals surface area contributed by atoms with Crippen LogP contribution in [0.5, 0.6) is 0 Å². The van der Waals surface area contributed by atoms with Gasteiger partial charge in [0.15, 0.2) is 5.82 Å². The third-order valence-electron chi connectivity index (χ3n) is 3.90. The normalized spacial score (nSPS) is 15.9. The van der Waals surface area contributed by atoms with E-state index in [-0.39, 0.29) is 0 Å². The first-order valence-corrected chi connectivity index (χ1v) is 7.39. The molecule has 1 aliphatic heterocycles. The van der Waals surface area contributed by atoms with Crippen molar-refractivity contribution in [1.82, 2.24) is 24.8 Å². The Kier molecular flexibility index (Phi) is 3.23. The Morgan fingerprint density at radius 2 is 2.05 bits per heavy atom. The van der Waals surface area contributed by atoms with Crippen LogP contribution in [-0.4, -0.2) is 37.9 Å². The third kappa shape index (κ3) is 2.53. The number of hydrogen-bond acceptors (Lipinski definition) is 5. The molecule has 1 saturated heterocycles. The molecule has 0 saturated carbocycles. The molecule has 0 bridgehead atoms. The van der Waals surface area contributed by atoms with E-state index in [1.165, 1.54) is 5.56 Å². The van der Waals surface area contributed by atoms with Crippen molar-refractivity contribution in [2.24, 2.45) is 0 Å². The lowest BCUT2D eigenvalue weighted by atomic mass is 10.1. The second kappa shape index (κ2) is 5.38. The maximum absolute atomic E-state index is 5.33. The van der Waals surface area contributed by atoms with Crippen LogP contribution in [0.1, 0.15) is 17.4 Å². The van der Waals surface area contributed by atoms with Crippen molar-refractivity contribution < 1.29 is 4.52 Å². The van der Waals surface area contributed by atoms with Gasteiger partial charge in [0.25, 0.3) is 5.89 Å². The van der Waals surface area contributed by atoms with Gasteiger partial charge in [-0.3, -0.25) is 9.58 Å². The summed E-state index contributed by atoms with van der Waals surface area (Å²) in [5.41, 5.74) is 2.15. The molecule has 1 fully saturated rings. The molecular formula is C16H17N5O. The second-order valence-corrected chi connectivity index (χ2v) is 5.73. The highest BCUT2D eigenvalue weighted by atomic mass is 16.5. The summed E-state index contributed by atoms with van der Waals surface area (Å²) in [4.78, 5) is 6.76. The van der Waals surface area contributed by atoms with Gasteiger partial charge in [-0.15, -0.1) is 0 Å². The Hall–Kier alpha value is -2.47. The first-order chi connectivity index (χ1) is 10.8. The van der Waals surface area contributed by atoms with Crippen LogP contribution in [0.4, 0.5) is 0 Å². The lowest BCUT2D eigenvalue weighted by molar-refractivity contribution is 0.0872. The second-order valence-electron chi connectivity index (χ2n) is 5.73. The molecule has 2 aromatic heterocycles. The van der Waals surface area contributed by atoms with Gasteiger partial charge in [-0.2, -0.15) is 10.1 Å². The number of hydrogen-bond donors (Lipinski definition) is 0. The summed E-state index contributed by atoms with van der Waals surface area (Å²) < 4.78 is 7.37. The topological polar surface area (TPSA) is 60.0 Å². The maximum Gasteiger partial charge on any atom is 0.257 e. The molecule has 1 aliphatic rings. The SMILES string of the molecule is Cc1cnn(C2CN(Cc3noc(-c4ccccc4)n3)C2)c1. The van der Waals surface area contributed by atoms with Crippen molar-refractivity contribution in [3.8, 4) is 11.5 Å². The lowest BCUT2D eigenvalue weighted by Gasteiger charge is -2.38. The summed E-state index contributed by atoms with van der Waals surface area (Å²) >= 11 is 0. The zero-order valence-electron chi connectivity index (χ0n) is 12.4. The summed E-state index contributed by atoms with van der Waals surface area (Å²) in [6, 6.07) is 10.3. The predicted molar refractivity (Wildman–Crippen MR) is 81.0 cm³/mol. The highest BCUT2D eigenvalue weighted by Gasteiger charge is 2.29. The quantitative estimate of drug-likeness (QED) is 0.739. The Bertz CT molecular complexity index is 758. The van der Waals surface area contributed by atoms with Crippen molar-refractivity contribution in [2.45, 2.75) is 19.5 Å². The van der Waals surface area contributed by atoms with E-state index in [0.29, 0.717) is 18.5 Å². The van der Waals surface area contributed by atoms with E-state index in [1.807, 2.05) is 41.2 Å². The molecule has 22 heavy (non-hydrogen) atoms. The number of likely N-dealkylation sites (tertiary alicyclic amines) is 1. The highest BCUT2D eigenvalue weighted by Crippen LogP contribution is 2.23. The van der Waals surface area contributed by atoms with E-state index in [9.17, 15) is 0 Å². The smallest absolute Gasteiger partial charge is 0.257 e. The first-order valence-electron chi connectivity index (χ1n) is 7.39. The number of benzene rings is 1. The Balaban J connectivity index is 1.37. The van der Waals surface area contributed by atoms with Crippen molar-refractivity contribution in [3.05, 3.63) is 54.1 Å². The van der Waals surface area contributed by atoms with Crippen molar-refractivity contribution in [1.29, 1.82) is 0 Å². The highest BCUT2D eigenvalue weighted by molar-refractivity contribution is 5.51. The molecule has 112 valence electrons. The van der Waals surface area contributed by atoms with E-state index in [2.05, 4.69) is 33.3 Å². The van der Waals surface area contributed by atoms with Gasteiger partial charge in [-0.1, -0.05) is 23.4 Å². The first kappa shape index (κ1) is 13.2. The number of aryl methyl sites for hydroxylation is 1.